The molecule has 1 amide bonds. The number of H-pyrrole nitrogens is 1. The van der Waals surface area contributed by atoms with Crippen LogP contribution in [0.3, 0.4) is 0 Å². The molecule has 2 aromatic rings. The molecule has 1 aliphatic heterocycles. The average molecular weight is 540 g/mol. The normalized spacial score (nSPS) is 19.3. The van der Waals surface area contributed by atoms with E-state index in [1.54, 1.807) is 18.4 Å². The molecule has 2 aromatic heterocycles. The number of fused-ring (bicyclic) bond motifs is 1. The van der Waals surface area contributed by atoms with Gasteiger partial charge in [-0.15, -0.1) is 0 Å². The van der Waals surface area contributed by atoms with E-state index >= 15 is 0 Å². The Kier molecular flexibility index (Phi) is 10.3. The van der Waals surface area contributed by atoms with E-state index in [2.05, 4.69) is 20.3 Å². The molecule has 1 fully saturated rings. The second-order valence-corrected chi connectivity index (χ2v) is 8.84. The SMILES string of the molecule is CC(=O)OCCOC(OCCOC(C)=O)OC1C[C@@H](C)O[C@H]1n1cnc2c(=O)[nH]c(NC(=O)C(C)C)nc21. The molecule has 1 saturated heterocycles. The van der Waals surface area contributed by atoms with Gasteiger partial charge in [-0.25, -0.2) is 4.98 Å². The Morgan fingerprint density at radius 2 is 1.76 bits per heavy atom. The lowest BCUT2D eigenvalue weighted by molar-refractivity contribution is -0.314. The molecule has 0 aromatic carbocycles. The number of hydrogen-bond donors (Lipinski definition) is 2. The van der Waals surface area contributed by atoms with E-state index in [0.717, 1.165) is 0 Å². The fourth-order valence-electron chi connectivity index (χ4n) is 3.55. The number of esters is 2. The van der Waals surface area contributed by atoms with Gasteiger partial charge >= 0.3 is 11.9 Å². The summed E-state index contributed by atoms with van der Waals surface area (Å²) in [4.78, 5) is 57.8. The predicted octanol–water partition coefficient (Wildman–Crippen LogP) is 0.850. The van der Waals surface area contributed by atoms with Gasteiger partial charge in [0.05, 0.1) is 25.6 Å². The standard InChI is InChI=1S/C23H33N5O10/c1-12(2)19(31)26-22-25-18-17(20(32)27-22)24-11-28(18)21-16(10-13(3)37-21)38-23(35-8-6-33-14(4)29)36-9-7-34-15(5)30/h11-13,16,21,23H,6-10H2,1-5H3,(H2,25,26,27,31,32)/t13-,16?,21-/m1/s1. The van der Waals surface area contributed by atoms with Crippen molar-refractivity contribution in [3.05, 3.63) is 16.7 Å². The minimum atomic E-state index is -1.21. The molecule has 0 bridgehead atoms. The second-order valence-electron chi connectivity index (χ2n) is 8.84. The summed E-state index contributed by atoms with van der Waals surface area (Å²) >= 11 is 0. The number of ether oxygens (including phenoxy) is 6. The summed E-state index contributed by atoms with van der Waals surface area (Å²) in [5.41, 5.74) is -0.290. The largest absolute Gasteiger partial charge is 0.463 e. The molecule has 0 radical (unpaired) electrons. The van der Waals surface area contributed by atoms with E-state index in [9.17, 15) is 19.2 Å². The third kappa shape index (κ3) is 8.05. The molecular weight excluding hydrogens is 506 g/mol. The first-order valence-corrected chi connectivity index (χ1v) is 12.1. The van der Waals surface area contributed by atoms with Crippen molar-refractivity contribution in [2.45, 2.75) is 66.0 Å². The molecule has 0 spiro atoms. The topological polar surface area (TPSA) is 182 Å². The summed E-state index contributed by atoms with van der Waals surface area (Å²) in [6, 6.07) is 0. The summed E-state index contributed by atoms with van der Waals surface area (Å²) in [5.74, 6) is -1.58. The van der Waals surface area contributed by atoms with Crippen LogP contribution in [0.5, 0.6) is 0 Å². The van der Waals surface area contributed by atoms with Crippen LogP contribution in [0, 0.1) is 5.92 Å². The van der Waals surface area contributed by atoms with E-state index < -0.39 is 36.3 Å². The van der Waals surface area contributed by atoms with Crippen molar-refractivity contribution >= 4 is 35.0 Å². The smallest absolute Gasteiger partial charge is 0.302 e. The van der Waals surface area contributed by atoms with Gasteiger partial charge in [-0.1, -0.05) is 13.8 Å². The Bertz CT molecular complexity index is 1160. The van der Waals surface area contributed by atoms with Gasteiger partial charge in [0.15, 0.2) is 17.4 Å². The molecule has 3 heterocycles. The molecule has 0 aliphatic carbocycles. The number of nitrogens with zero attached hydrogens (tertiary/aromatic N) is 3. The molecule has 3 atom stereocenters. The van der Waals surface area contributed by atoms with Gasteiger partial charge in [-0.2, -0.15) is 4.98 Å². The van der Waals surface area contributed by atoms with Crippen molar-refractivity contribution < 1.29 is 42.8 Å². The van der Waals surface area contributed by atoms with Crippen LogP contribution in [-0.2, 0) is 42.8 Å². The maximum Gasteiger partial charge on any atom is 0.302 e. The predicted molar refractivity (Wildman–Crippen MR) is 130 cm³/mol. The molecule has 2 N–H and O–H groups in total. The second kappa shape index (κ2) is 13.4. The summed E-state index contributed by atoms with van der Waals surface area (Å²) < 4.78 is 34.6. The van der Waals surface area contributed by atoms with Crippen molar-refractivity contribution in [3.8, 4) is 0 Å². The van der Waals surface area contributed by atoms with Crippen molar-refractivity contribution in [2.75, 3.05) is 31.7 Å². The number of nitrogens with one attached hydrogen (secondary N) is 2. The van der Waals surface area contributed by atoms with Gasteiger partial charge in [-0.3, -0.25) is 34.0 Å². The highest BCUT2D eigenvalue weighted by Gasteiger charge is 2.38. The fourth-order valence-corrected chi connectivity index (χ4v) is 3.55. The highest BCUT2D eigenvalue weighted by atomic mass is 16.9. The zero-order valence-electron chi connectivity index (χ0n) is 21.9. The number of amides is 1. The molecule has 1 aliphatic rings. The third-order valence-corrected chi connectivity index (χ3v) is 5.30. The fraction of sp³-hybridized carbons (Fsp3) is 0.652. The van der Waals surface area contributed by atoms with Crippen LogP contribution in [-0.4, -0.2) is 82.5 Å². The van der Waals surface area contributed by atoms with Crippen LogP contribution in [0.15, 0.2) is 11.1 Å². The molecule has 0 saturated carbocycles. The van der Waals surface area contributed by atoms with Crippen molar-refractivity contribution in [3.63, 3.8) is 0 Å². The number of anilines is 1. The zero-order valence-corrected chi connectivity index (χ0v) is 21.9. The lowest BCUT2D eigenvalue weighted by Gasteiger charge is -2.26. The van der Waals surface area contributed by atoms with E-state index in [1.165, 1.54) is 20.2 Å². The van der Waals surface area contributed by atoms with E-state index in [4.69, 9.17) is 28.4 Å². The maximum atomic E-state index is 12.6. The van der Waals surface area contributed by atoms with Crippen molar-refractivity contribution in [1.82, 2.24) is 19.5 Å². The van der Waals surface area contributed by atoms with Crippen molar-refractivity contribution in [1.29, 1.82) is 0 Å². The average Bonchev–Trinajstić information content (AvgIpc) is 3.41. The Hall–Kier alpha value is -3.40. The van der Waals surface area contributed by atoms with Gasteiger partial charge in [0, 0.05) is 26.2 Å². The van der Waals surface area contributed by atoms with Gasteiger partial charge in [0.1, 0.15) is 19.3 Å². The van der Waals surface area contributed by atoms with Crippen molar-refractivity contribution in [2.24, 2.45) is 5.92 Å². The Balaban J connectivity index is 1.79. The molecule has 38 heavy (non-hydrogen) atoms. The Labute approximate surface area is 218 Å². The quantitative estimate of drug-likeness (QED) is 0.208. The zero-order chi connectivity index (χ0) is 27.8. The van der Waals surface area contributed by atoms with E-state index in [-0.39, 0.29) is 61.5 Å². The van der Waals surface area contributed by atoms with Gasteiger partial charge in [-0.05, 0) is 6.92 Å². The lowest BCUT2D eigenvalue weighted by atomic mass is 10.2. The molecule has 210 valence electrons. The van der Waals surface area contributed by atoms with Gasteiger partial charge in [0.2, 0.25) is 11.9 Å². The first kappa shape index (κ1) is 29.2. The molecule has 15 heteroatoms. The van der Waals surface area contributed by atoms with Gasteiger partial charge < -0.3 is 28.4 Å². The van der Waals surface area contributed by atoms with Crippen LogP contribution < -0.4 is 10.9 Å². The van der Waals surface area contributed by atoms with Crippen LogP contribution >= 0.6 is 0 Å². The summed E-state index contributed by atoms with van der Waals surface area (Å²) in [6.07, 6.45) is 0.186. The summed E-state index contributed by atoms with van der Waals surface area (Å²) in [7, 11) is 0. The molecular formula is C23H33N5O10. The lowest BCUT2D eigenvalue weighted by Crippen LogP contribution is -2.33. The number of aromatic nitrogens is 4. The third-order valence-electron chi connectivity index (χ3n) is 5.30. The van der Waals surface area contributed by atoms with E-state index in [1.807, 2.05) is 6.92 Å². The van der Waals surface area contributed by atoms with E-state index in [0.29, 0.717) is 6.42 Å². The monoisotopic (exact) mass is 539 g/mol. The number of hydrogen-bond acceptors (Lipinski definition) is 12. The number of rotatable bonds is 13. The Morgan fingerprint density at radius 3 is 2.34 bits per heavy atom. The number of aromatic amines is 1. The maximum absolute atomic E-state index is 12.6. The molecule has 3 rings (SSSR count). The summed E-state index contributed by atoms with van der Waals surface area (Å²) in [6.45, 7) is 6.54. The minimum Gasteiger partial charge on any atom is -0.463 e. The Morgan fingerprint density at radius 1 is 1.13 bits per heavy atom. The first-order valence-electron chi connectivity index (χ1n) is 12.1. The summed E-state index contributed by atoms with van der Waals surface area (Å²) in [5, 5.41) is 2.58. The number of carbonyl (C=O) groups is 3. The highest BCUT2D eigenvalue weighted by molar-refractivity contribution is 5.91. The van der Waals surface area contributed by atoms with Crippen LogP contribution in [0.2, 0.25) is 0 Å². The first-order chi connectivity index (χ1) is 18.0. The van der Waals surface area contributed by atoms with Crippen LogP contribution in [0.1, 0.15) is 47.3 Å². The van der Waals surface area contributed by atoms with Crippen LogP contribution in [0.25, 0.3) is 11.2 Å². The molecule has 15 nitrogen and oxygen atoms in total. The highest BCUT2D eigenvalue weighted by Crippen LogP contribution is 2.33. The van der Waals surface area contributed by atoms with Crippen LogP contribution in [0.4, 0.5) is 5.95 Å². The number of carbonyl (C=O) groups excluding carboxylic acids is 3. The van der Waals surface area contributed by atoms with Gasteiger partial charge in [0.25, 0.3) is 12.0 Å². The number of imidazole rings is 1. The molecule has 1 unspecified atom stereocenters. The minimum absolute atomic E-state index is 0.0184.